The summed E-state index contributed by atoms with van der Waals surface area (Å²) in [6, 6.07) is 9.01. The van der Waals surface area contributed by atoms with E-state index >= 15 is 0 Å². The number of aromatic nitrogens is 2. The third kappa shape index (κ3) is 4.61. The van der Waals surface area contributed by atoms with Gasteiger partial charge in [0.05, 0.1) is 51.6 Å². The molecular formula is C31H29Cl2N3O5S. The highest BCUT2D eigenvalue weighted by atomic mass is 35.5. The van der Waals surface area contributed by atoms with Gasteiger partial charge >= 0.3 is 5.97 Å². The number of esters is 1. The minimum Gasteiger partial charge on any atom is -0.465 e. The summed E-state index contributed by atoms with van der Waals surface area (Å²) in [6.07, 6.45) is 3.29. The standard InChI is InChI=1S/C31H29Cl2N3O5S/c1-14(2)18-9-16(30(38)39-3)10-24-26(18)34-31(42-24)36-17-11-19(29(36)37)23(12-17)40-13-20-27(35-41-28(20)15-7-8-15)25-21(32)5-4-6-22(25)33/h4-6,9-10,14-15,17,19,23H,7-8,11-13H2,1-3H3/t17-,19+,23+/m0/s1. The van der Waals surface area contributed by atoms with Gasteiger partial charge in [-0.1, -0.05) is 59.6 Å². The van der Waals surface area contributed by atoms with Crippen LogP contribution in [0, 0.1) is 5.92 Å². The van der Waals surface area contributed by atoms with Crippen LogP contribution >= 0.6 is 34.5 Å². The Morgan fingerprint density at radius 1 is 1.19 bits per heavy atom. The highest BCUT2D eigenvalue weighted by Crippen LogP contribution is 2.48. The van der Waals surface area contributed by atoms with Crippen LogP contribution in [0.1, 0.15) is 78.6 Å². The van der Waals surface area contributed by atoms with Crippen LogP contribution < -0.4 is 4.90 Å². The van der Waals surface area contributed by atoms with Crippen molar-refractivity contribution in [2.75, 3.05) is 12.0 Å². The number of thiazole rings is 1. The summed E-state index contributed by atoms with van der Waals surface area (Å²) < 4.78 is 18.1. The fourth-order valence-electron chi connectivity index (χ4n) is 6.30. The Balaban J connectivity index is 1.13. The molecule has 7 rings (SSSR count). The van der Waals surface area contributed by atoms with E-state index in [1.165, 1.54) is 18.4 Å². The largest absolute Gasteiger partial charge is 0.465 e. The molecule has 3 atom stereocenters. The first-order valence-corrected chi connectivity index (χ1v) is 15.7. The van der Waals surface area contributed by atoms with Crippen molar-refractivity contribution < 1.29 is 23.6 Å². The third-order valence-electron chi connectivity index (χ3n) is 8.57. The van der Waals surface area contributed by atoms with Crippen molar-refractivity contribution in [3.63, 3.8) is 0 Å². The van der Waals surface area contributed by atoms with Crippen molar-refractivity contribution in [1.82, 2.24) is 10.1 Å². The van der Waals surface area contributed by atoms with E-state index in [0.717, 1.165) is 39.9 Å². The van der Waals surface area contributed by atoms with Crippen LogP contribution in [0.25, 0.3) is 21.5 Å². The topological polar surface area (TPSA) is 94.8 Å². The maximum atomic E-state index is 13.7. The predicted octanol–water partition coefficient (Wildman–Crippen LogP) is 7.76. The van der Waals surface area contributed by atoms with Crippen LogP contribution in [-0.4, -0.2) is 41.3 Å². The molecule has 3 heterocycles. The van der Waals surface area contributed by atoms with Gasteiger partial charge in [-0.25, -0.2) is 9.78 Å². The van der Waals surface area contributed by atoms with Crippen molar-refractivity contribution in [1.29, 1.82) is 0 Å². The highest BCUT2D eigenvalue weighted by Gasteiger charge is 2.53. The number of ether oxygens (including phenoxy) is 2. The van der Waals surface area contributed by atoms with Crippen molar-refractivity contribution in [2.24, 2.45) is 5.92 Å². The molecule has 8 nitrogen and oxygen atoms in total. The number of methoxy groups -OCH3 is 1. The van der Waals surface area contributed by atoms with Crippen molar-refractivity contribution in [3.05, 3.63) is 62.8 Å². The maximum Gasteiger partial charge on any atom is 0.337 e. The molecule has 3 fully saturated rings. The Labute approximate surface area is 256 Å². The van der Waals surface area contributed by atoms with E-state index in [9.17, 15) is 9.59 Å². The van der Waals surface area contributed by atoms with Gasteiger partial charge in [-0.3, -0.25) is 9.69 Å². The van der Waals surface area contributed by atoms with Crippen LogP contribution in [0.15, 0.2) is 34.9 Å². The molecule has 2 saturated carbocycles. The first kappa shape index (κ1) is 27.8. The molecule has 1 aliphatic heterocycles. The van der Waals surface area contributed by atoms with Crippen LogP contribution in [0.4, 0.5) is 5.13 Å². The molecule has 11 heteroatoms. The van der Waals surface area contributed by atoms with Gasteiger partial charge < -0.3 is 14.0 Å². The summed E-state index contributed by atoms with van der Waals surface area (Å²) in [5.74, 6) is 0.670. The molecule has 2 aliphatic carbocycles. The molecule has 0 radical (unpaired) electrons. The van der Waals surface area contributed by atoms with E-state index in [-0.39, 0.29) is 42.5 Å². The van der Waals surface area contributed by atoms with Gasteiger partial charge in [-0.05, 0) is 61.4 Å². The number of rotatable bonds is 8. The van der Waals surface area contributed by atoms with Gasteiger partial charge in [0, 0.05) is 23.1 Å². The molecule has 2 aromatic heterocycles. The van der Waals surface area contributed by atoms with Crippen LogP contribution in [0.5, 0.6) is 0 Å². The second-order valence-electron chi connectivity index (χ2n) is 11.6. The number of carbonyl (C=O) groups is 2. The number of hydrogen-bond acceptors (Lipinski definition) is 8. The average molecular weight is 627 g/mol. The van der Waals surface area contributed by atoms with E-state index in [1.807, 2.05) is 11.0 Å². The summed E-state index contributed by atoms with van der Waals surface area (Å²) in [4.78, 5) is 32.7. The van der Waals surface area contributed by atoms with Gasteiger partial charge in [0.15, 0.2) is 5.13 Å². The second kappa shape index (κ2) is 10.6. The Bertz CT molecular complexity index is 1710. The van der Waals surface area contributed by atoms with Crippen molar-refractivity contribution in [2.45, 2.75) is 70.1 Å². The second-order valence-corrected chi connectivity index (χ2v) is 13.4. The van der Waals surface area contributed by atoms with Gasteiger partial charge in [-0.15, -0.1) is 0 Å². The average Bonchev–Trinajstić information content (AvgIpc) is 3.27. The summed E-state index contributed by atoms with van der Waals surface area (Å²) >= 11 is 14.5. The lowest BCUT2D eigenvalue weighted by Gasteiger charge is -2.29. The Kier molecular flexibility index (Phi) is 7.04. The summed E-state index contributed by atoms with van der Waals surface area (Å²) in [5.41, 5.74) is 4.37. The Hall–Kier alpha value is -2.98. The van der Waals surface area contributed by atoms with E-state index in [4.69, 9.17) is 42.2 Å². The molecule has 0 unspecified atom stereocenters. The number of benzene rings is 2. The number of carbonyl (C=O) groups excluding carboxylic acids is 2. The fourth-order valence-corrected chi connectivity index (χ4v) is 7.99. The minimum absolute atomic E-state index is 0.00139. The predicted molar refractivity (Wildman–Crippen MR) is 162 cm³/mol. The van der Waals surface area contributed by atoms with E-state index in [1.54, 1.807) is 24.3 Å². The first-order chi connectivity index (χ1) is 20.2. The summed E-state index contributed by atoms with van der Waals surface area (Å²) in [6.45, 7) is 4.40. The maximum absolute atomic E-state index is 13.7. The number of amides is 1. The Morgan fingerprint density at radius 3 is 2.62 bits per heavy atom. The SMILES string of the molecule is COC(=O)c1cc(C(C)C)c2nc(N3C(=O)[C@@H]4C[C@H]3C[C@H]4OCc3c(-c4c(Cl)cccc4Cl)noc3C3CC3)sc2c1. The molecule has 1 saturated heterocycles. The molecule has 0 spiro atoms. The number of piperidine rings is 1. The third-order valence-corrected chi connectivity index (χ3v) is 10.2. The van der Waals surface area contributed by atoms with Gasteiger partial charge in [0.25, 0.3) is 0 Å². The lowest BCUT2D eigenvalue weighted by molar-refractivity contribution is -0.126. The van der Waals surface area contributed by atoms with Crippen LogP contribution in [0.3, 0.4) is 0 Å². The molecule has 3 aliphatic rings. The zero-order chi connectivity index (χ0) is 29.3. The van der Waals surface area contributed by atoms with E-state index in [2.05, 4.69) is 19.0 Å². The fraction of sp³-hybridized carbons (Fsp3) is 0.419. The molecule has 2 bridgehead atoms. The lowest BCUT2D eigenvalue weighted by Crippen LogP contribution is -2.43. The summed E-state index contributed by atoms with van der Waals surface area (Å²) in [5, 5.41) is 6.02. The number of halogens is 2. The van der Waals surface area contributed by atoms with Gasteiger partial charge in [-0.2, -0.15) is 0 Å². The number of fused-ring (bicyclic) bond motifs is 3. The lowest BCUT2D eigenvalue weighted by atomic mass is 9.99. The quantitative estimate of drug-likeness (QED) is 0.185. The van der Waals surface area contributed by atoms with Gasteiger partial charge in [0.1, 0.15) is 11.5 Å². The normalized spacial score (nSPS) is 21.7. The zero-order valence-corrected chi connectivity index (χ0v) is 25.7. The molecular weight excluding hydrogens is 597 g/mol. The molecule has 0 N–H and O–H groups in total. The van der Waals surface area contributed by atoms with Crippen molar-refractivity contribution in [3.8, 4) is 11.3 Å². The first-order valence-electron chi connectivity index (χ1n) is 14.1. The number of anilines is 1. The molecule has 4 aromatic rings. The van der Waals surface area contributed by atoms with Crippen LogP contribution in [-0.2, 0) is 20.9 Å². The molecule has 42 heavy (non-hydrogen) atoms. The Morgan fingerprint density at radius 2 is 1.95 bits per heavy atom. The minimum atomic E-state index is -0.386. The van der Waals surface area contributed by atoms with E-state index < -0.39 is 0 Å². The van der Waals surface area contributed by atoms with Crippen molar-refractivity contribution >= 4 is 61.8 Å². The summed E-state index contributed by atoms with van der Waals surface area (Å²) in [7, 11) is 1.38. The smallest absolute Gasteiger partial charge is 0.337 e. The molecule has 2 aromatic carbocycles. The number of hydrogen-bond donors (Lipinski definition) is 0. The zero-order valence-electron chi connectivity index (χ0n) is 23.4. The van der Waals surface area contributed by atoms with Gasteiger partial charge in [0.2, 0.25) is 5.91 Å². The highest BCUT2D eigenvalue weighted by molar-refractivity contribution is 7.22. The molecule has 218 valence electrons. The monoisotopic (exact) mass is 625 g/mol. The van der Waals surface area contributed by atoms with Crippen LogP contribution in [0.2, 0.25) is 10.0 Å². The number of nitrogens with zero attached hydrogens (tertiary/aromatic N) is 3. The van der Waals surface area contributed by atoms with E-state index in [0.29, 0.717) is 50.8 Å². The molecule has 1 amide bonds.